The highest BCUT2D eigenvalue weighted by Gasteiger charge is 2.42. The number of nitrogens with zero attached hydrogens (tertiary/aromatic N) is 1. The normalized spacial score (nSPS) is 22.0. The highest BCUT2D eigenvalue weighted by atomic mass is 127. The molecular formula is C30H35IN2O8. The molecule has 220 valence electrons. The van der Waals surface area contributed by atoms with Gasteiger partial charge in [0, 0.05) is 37.3 Å². The van der Waals surface area contributed by atoms with Crippen LogP contribution < -0.4 is 14.8 Å². The van der Waals surface area contributed by atoms with Crippen molar-refractivity contribution in [1.82, 2.24) is 10.2 Å². The van der Waals surface area contributed by atoms with Gasteiger partial charge in [-0.25, -0.2) is 0 Å². The maximum atomic E-state index is 13.9. The van der Waals surface area contributed by atoms with Crippen molar-refractivity contribution in [3.05, 3.63) is 68.3 Å². The topological polar surface area (TPSA) is 135 Å². The number of rotatable bonds is 11. The first kappa shape index (κ1) is 30.9. The van der Waals surface area contributed by atoms with Crippen LogP contribution in [0.5, 0.6) is 11.5 Å². The number of aliphatic hydroxyl groups is 2. The minimum absolute atomic E-state index is 0.0548. The van der Waals surface area contributed by atoms with E-state index in [0.717, 1.165) is 11.1 Å². The van der Waals surface area contributed by atoms with Gasteiger partial charge < -0.3 is 34.6 Å². The number of carbonyl (C=O) groups is 3. The van der Waals surface area contributed by atoms with Crippen molar-refractivity contribution >= 4 is 40.7 Å². The molecule has 11 heteroatoms. The Kier molecular flexibility index (Phi) is 10.8. The Bertz CT molecular complexity index is 1280. The molecule has 10 nitrogen and oxygen atoms in total. The smallest absolute Gasteiger partial charge is 0.247 e. The zero-order valence-corrected chi connectivity index (χ0v) is 25.2. The number of halogens is 1. The third-order valence-electron chi connectivity index (χ3n) is 7.29. The van der Waals surface area contributed by atoms with Crippen molar-refractivity contribution in [3.8, 4) is 11.5 Å². The van der Waals surface area contributed by atoms with Crippen molar-refractivity contribution in [3.63, 3.8) is 0 Å². The Morgan fingerprint density at radius 1 is 1.24 bits per heavy atom. The lowest BCUT2D eigenvalue weighted by atomic mass is 9.87. The van der Waals surface area contributed by atoms with Gasteiger partial charge in [0.1, 0.15) is 18.5 Å². The summed E-state index contributed by atoms with van der Waals surface area (Å²) in [5, 5.41) is 23.7. The van der Waals surface area contributed by atoms with Crippen LogP contribution in [-0.4, -0.2) is 84.9 Å². The minimum atomic E-state index is -1.20. The van der Waals surface area contributed by atoms with Crippen LogP contribution in [0.25, 0.3) is 0 Å². The highest BCUT2D eigenvalue weighted by Crippen LogP contribution is 2.37. The van der Waals surface area contributed by atoms with Gasteiger partial charge in [0.2, 0.25) is 11.8 Å². The fourth-order valence-electron chi connectivity index (χ4n) is 5.05. The summed E-state index contributed by atoms with van der Waals surface area (Å²) < 4.78 is 17.8. The van der Waals surface area contributed by atoms with Crippen LogP contribution in [0, 0.1) is 16.4 Å². The Morgan fingerprint density at radius 3 is 2.63 bits per heavy atom. The molecule has 2 amide bonds. The Labute approximate surface area is 252 Å². The van der Waals surface area contributed by atoms with Crippen LogP contribution in [0.15, 0.2) is 48.0 Å². The molecule has 1 heterocycles. The standard InChI is InChI=1S/C30H35IN2O8/c1-18-3-5-19(6-4-18)15-33(30(38)21-7-10-40-17-21)24-13-22(29(37)32-8-9-34)14-25(27(24)36)41-28-23(31)11-20(16-35)12-26(28)39-2/h3-6,11-12,14,16,21,24-25,27,34,36H,7-10,13,15,17H2,1-2H3,(H,32,37)/t21?,24-,25+,27+/m1/s1. The number of ether oxygens (including phenoxy) is 3. The molecule has 2 aromatic rings. The van der Waals surface area contributed by atoms with Gasteiger partial charge in [0.25, 0.3) is 0 Å². The molecule has 3 N–H and O–H groups in total. The molecule has 0 radical (unpaired) electrons. The SMILES string of the molecule is COc1cc(C=O)cc(I)c1O[C@H]1C=C(C(=O)NCCO)C[C@@H](N(Cc2ccc(C)cc2)C(=O)C2CCOC2)[C@@H]1O. The lowest BCUT2D eigenvalue weighted by Crippen LogP contribution is -2.56. The number of nitrogens with one attached hydrogen (secondary N) is 1. The molecule has 1 aliphatic carbocycles. The van der Waals surface area contributed by atoms with E-state index in [4.69, 9.17) is 14.2 Å². The number of aliphatic hydroxyl groups excluding tert-OH is 2. The van der Waals surface area contributed by atoms with Crippen LogP contribution in [0.2, 0.25) is 0 Å². The van der Waals surface area contributed by atoms with Crippen LogP contribution >= 0.6 is 22.6 Å². The second-order valence-corrected chi connectivity index (χ2v) is 11.3. The fraction of sp³-hybridized carbons (Fsp3) is 0.433. The van der Waals surface area contributed by atoms with Gasteiger partial charge in [0.05, 0.1) is 35.9 Å². The van der Waals surface area contributed by atoms with Gasteiger partial charge in [-0.1, -0.05) is 29.8 Å². The predicted octanol–water partition coefficient (Wildman–Crippen LogP) is 2.40. The fourth-order valence-corrected chi connectivity index (χ4v) is 5.80. The molecule has 0 spiro atoms. The Morgan fingerprint density at radius 2 is 2.00 bits per heavy atom. The molecule has 2 aromatic carbocycles. The number of aldehydes is 1. The summed E-state index contributed by atoms with van der Waals surface area (Å²) >= 11 is 2.02. The zero-order valence-electron chi connectivity index (χ0n) is 23.0. The minimum Gasteiger partial charge on any atom is -0.493 e. The number of benzene rings is 2. The Balaban J connectivity index is 1.73. The molecule has 1 saturated heterocycles. The quantitative estimate of drug-likeness (QED) is 0.244. The largest absolute Gasteiger partial charge is 0.493 e. The van der Waals surface area contributed by atoms with Gasteiger partial charge in [-0.2, -0.15) is 0 Å². The van der Waals surface area contributed by atoms with E-state index in [-0.39, 0.29) is 37.9 Å². The van der Waals surface area contributed by atoms with E-state index in [1.165, 1.54) is 13.2 Å². The molecule has 1 fully saturated rings. The summed E-state index contributed by atoms with van der Waals surface area (Å²) in [6.45, 7) is 2.81. The molecule has 2 aliphatic rings. The van der Waals surface area contributed by atoms with Crippen LogP contribution in [0.3, 0.4) is 0 Å². The predicted molar refractivity (Wildman–Crippen MR) is 159 cm³/mol. The molecule has 1 aliphatic heterocycles. The van der Waals surface area contributed by atoms with E-state index in [1.807, 2.05) is 53.8 Å². The highest BCUT2D eigenvalue weighted by molar-refractivity contribution is 14.1. The number of aryl methyl sites for hydroxylation is 1. The van der Waals surface area contributed by atoms with Gasteiger partial charge in [0.15, 0.2) is 11.5 Å². The van der Waals surface area contributed by atoms with Crippen LogP contribution in [0.4, 0.5) is 0 Å². The van der Waals surface area contributed by atoms with Crippen molar-refractivity contribution in [2.24, 2.45) is 5.92 Å². The van der Waals surface area contributed by atoms with E-state index < -0.39 is 24.2 Å². The van der Waals surface area contributed by atoms with Gasteiger partial charge in [-0.05, 0) is 59.7 Å². The molecule has 0 saturated carbocycles. The monoisotopic (exact) mass is 678 g/mol. The lowest BCUT2D eigenvalue weighted by Gasteiger charge is -2.41. The molecule has 0 aromatic heterocycles. The number of amides is 2. The van der Waals surface area contributed by atoms with Crippen molar-refractivity contribution < 1.29 is 38.8 Å². The first-order valence-electron chi connectivity index (χ1n) is 13.5. The first-order chi connectivity index (χ1) is 19.7. The van der Waals surface area contributed by atoms with E-state index in [2.05, 4.69) is 5.32 Å². The molecule has 4 rings (SSSR count). The van der Waals surface area contributed by atoms with Gasteiger partial charge in [-0.3, -0.25) is 14.4 Å². The number of hydrogen-bond acceptors (Lipinski definition) is 8. The van der Waals surface area contributed by atoms with Crippen molar-refractivity contribution in [2.45, 2.75) is 44.6 Å². The second kappa shape index (κ2) is 14.3. The number of methoxy groups -OCH3 is 1. The molecular weight excluding hydrogens is 643 g/mol. The van der Waals surface area contributed by atoms with E-state index in [1.54, 1.807) is 17.0 Å². The summed E-state index contributed by atoms with van der Waals surface area (Å²) in [4.78, 5) is 40.0. The molecule has 41 heavy (non-hydrogen) atoms. The summed E-state index contributed by atoms with van der Waals surface area (Å²) in [5.74, 6) is -0.347. The molecule has 1 unspecified atom stereocenters. The Hall–Kier alpha value is -3.00. The molecule has 0 bridgehead atoms. The van der Waals surface area contributed by atoms with E-state index >= 15 is 0 Å². The summed E-state index contributed by atoms with van der Waals surface area (Å²) in [6, 6.07) is 10.2. The average molecular weight is 679 g/mol. The second-order valence-electron chi connectivity index (χ2n) is 10.2. The maximum absolute atomic E-state index is 13.9. The average Bonchev–Trinajstić information content (AvgIpc) is 3.52. The summed E-state index contributed by atoms with van der Waals surface area (Å²) in [5.41, 5.74) is 2.68. The van der Waals surface area contributed by atoms with E-state index in [0.29, 0.717) is 52.1 Å². The van der Waals surface area contributed by atoms with Crippen LogP contribution in [-0.2, 0) is 20.9 Å². The maximum Gasteiger partial charge on any atom is 0.247 e. The van der Waals surface area contributed by atoms with Gasteiger partial charge >= 0.3 is 0 Å². The molecule has 4 atom stereocenters. The lowest BCUT2D eigenvalue weighted by molar-refractivity contribution is -0.143. The third kappa shape index (κ3) is 7.45. The van der Waals surface area contributed by atoms with Crippen molar-refractivity contribution in [1.29, 1.82) is 0 Å². The first-order valence-corrected chi connectivity index (χ1v) is 14.5. The summed E-state index contributed by atoms with van der Waals surface area (Å²) in [7, 11) is 1.45. The summed E-state index contributed by atoms with van der Waals surface area (Å²) in [6.07, 6.45) is 0.676. The zero-order chi connectivity index (χ0) is 29.5. The number of hydrogen-bond donors (Lipinski definition) is 3. The van der Waals surface area contributed by atoms with E-state index in [9.17, 15) is 24.6 Å². The van der Waals surface area contributed by atoms with Crippen molar-refractivity contribution in [2.75, 3.05) is 33.5 Å². The number of carbonyl (C=O) groups excluding carboxylic acids is 3. The third-order valence-corrected chi connectivity index (χ3v) is 8.09. The van der Waals surface area contributed by atoms with Crippen LogP contribution in [0.1, 0.15) is 34.3 Å². The van der Waals surface area contributed by atoms with Gasteiger partial charge in [-0.15, -0.1) is 0 Å².